The predicted octanol–water partition coefficient (Wildman–Crippen LogP) is 2.21. The summed E-state index contributed by atoms with van der Waals surface area (Å²) in [4.78, 5) is 0. The van der Waals surface area contributed by atoms with Gasteiger partial charge in [0.25, 0.3) is 0 Å². The van der Waals surface area contributed by atoms with Crippen LogP contribution in [0.2, 0.25) is 5.02 Å². The zero-order valence-corrected chi connectivity index (χ0v) is 10.2. The van der Waals surface area contributed by atoms with Crippen LogP contribution in [0, 0.1) is 5.92 Å². The van der Waals surface area contributed by atoms with E-state index in [1.807, 2.05) is 18.2 Å². The lowest BCUT2D eigenvalue weighted by atomic mass is 9.88. The van der Waals surface area contributed by atoms with Gasteiger partial charge < -0.3 is 11.1 Å². The normalized spacial score (nSPS) is 23.0. The molecule has 0 aliphatic carbocycles. The van der Waals surface area contributed by atoms with E-state index in [1.165, 1.54) is 18.4 Å². The van der Waals surface area contributed by atoms with Crippen LogP contribution in [0.15, 0.2) is 24.3 Å². The van der Waals surface area contributed by atoms with Gasteiger partial charge in [-0.1, -0.05) is 23.7 Å². The second-order valence-corrected chi connectivity index (χ2v) is 5.04. The molecule has 2 nitrogen and oxygen atoms in total. The van der Waals surface area contributed by atoms with E-state index in [2.05, 4.69) is 11.4 Å². The number of hydrogen-bond acceptors (Lipinski definition) is 2. The molecule has 0 amide bonds. The summed E-state index contributed by atoms with van der Waals surface area (Å²) in [5.74, 6) is 0.604. The van der Waals surface area contributed by atoms with Gasteiger partial charge in [-0.15, -0.1) is 0 Å². The van der Waals surface area contributed by atoms with Gasteiger partial charge in [0.15, 0.2) is 0 Å². The van der Waals surface area contributed by atoms with Gasteiger partial charge >= 0.3 is 0 Å². The summed E-state index contributed by atoms with van der Waals surface area (Å²) < 4.78 is 0. The predicted molar refractivity (Wildman–Crippen MR) is 68.7 cm³/mol. The van der Waals surface area contributed by atoms with Crippen LogP contribution >= 0.6 is 11.6 Å². The molecule has 0 bridgehead atoms. The van der Waals surface area contributed by atoms with Crippen molar-refractivity contribution in [2.45, 2.75) is 25.3 Å². The van der Waals surface area contributed by atoms with E-state index in [0.29, 0.717) is 5.92 Å². The molecule has 0 saturated carbocycles. The van der Waals surface area contributed by atoms with E-state index in [-0.39, 0.29) is 6.04 Å². The Labute approximate surface area is 102 Å². The molecule has 1 aromatic rings. The number of nitrogens with one attached hydrogen (secondary N) is 1. The fourth-order valence-corrected chi connectivity index (χ4v) is 2.56. The Balaban J connectivity index is 1.93. The van der Waals surface area contributed by atoms with Crippen LogP contribution in [-0.4, -0.2) is 19.1 Å². The van der Waals surface area contributed by atoms with Crippen LogP contribution in [0.3, 0.4) is 0 Å². The van der Waals surface area contributed by atoms with Crippen molar-refractivity contribution in [1.82, 2.24) is 5.32 Å². The van der Waals surface area contributed by atoms with Gasteiger partial charge in [-0.2, -0.15) is 0 Å². The molecule has 1 aromatic carbocycles. The third kappa shape index (κ3) is 3.21. The average molecular weight is 239 g/mol. The quantitative estimate of drug-likeness (QED) is 0.848. The molecule has 1 aliphatic heterocycles. The van der Waals surface area contributed by atoms with Crippen molar-refractivity contribution < 1.29 is 0 Å². The Morgan fingerprint density at radius 1 is 1.50 bits per heavy atom. The van der Waals surface area contributed by atoms with E-state index in [0.717, 1.165) is 24.5 Å². The van der Waals surface area contributed by atoms with Crippen molar-refractivity contribution in [3.05, 3.63) is 34.9 Å². The number of hydrogen-bond donors (Lipinski definition) is 2. The molecule has 88 valence electrons. The van der Waals surface area contributed by atoms with Crippen molar-refractivity contribution >= 4 is 11.6 Å². The smallest absolute Gasteiger partial charge is 0.0408 e. The molecular weight excluding hydrogens is 220 g/mol. The molecule has 0 aromatic heterocycles. The van der Waals surface area contributed by atoms with Crippen LogP contribution in [-0.2, 0) is 6.42 Å². The van der Waals surface area contributed by atoms with Crippen molar-refractivity contribution in [1.29, 1.82) is 0 Å². The number of benzene rings is 1. The van der Waals surface area contributed by atoms with E-state index < -0.39 is 0 Å². The second-order valence-electron chi connectivity index (χ2n) is 4.60. The molecule has 3 heteroatoms. The highest BCUT2D eigenvalue weighted by Gasteiger charge is 2.20. The van der Waals surface area contributed by atoms with Gasteiger partial charge in [-0.25, -0.2) is 0 Å². The number of rotatable bonds is 3. The highest BCUT2D eigenvalue weighted by molar-refractivity contribution is 6.30. The minimum atomic E-state index is 0.242. The fourth-order valence-electron chi connectivity index (χ4n) is 2.35. The first-order valence-electron chi connectivity index (χ1n) is 5.96. The zero-order chi connectivity index (χ0) is 11.4. The summed E-state index contributed by atoms with van der Waals surface area (Å²) in [5, 5.41) is 4.20. The minimum absolute atomic E-state index is 0.242. The maximum absolute atomic E-state index is 6.25. The van der Waals surface area contributed by atoms with Gasteiger partial charge in [-0.05, 0) is 56.0 Å². The van der Waals surface area contributed by atoms with Crippen LogP contribution in [0.25, 0.3) is 0 Å². The summed E-state index contributed by atoms with van der Waals surface area (Å²) in [6, 6.07) is 8.24. The maximum Gasteiger partial charge on any atom is 0.0408 e. The van der Waals surface area contributed by atoms with E-state index in [4.69, 9.17) is 17.3 Å². The second kappa shape index (κ2) is 5.67. The lowest BCUT2D eigenvalue weighted by molar-refractivity contribution is 0.321. The molecule has 0 radical (unpaired) electrons. The first kappa shape index (κ1) is 11.9. The Kier molecular flexibility index (Phi) is 4.22. The molecule has 1 aliphatic rings. The van der Waals surface area contributed by atoms with Gasteiger partial charge in [0.05, 0.1) is 0 Å². The Hall–Kier alpha value is -0.570. The lowest BCUT2D eigenvalue weighted by Crippen LogP contribution is -2.42. The molecule has 1 fully saturated rings. The standard InChI is InChI=1S/C13H19ClN2/c14-12-5-1-3-10(7-12)8-13(15)11-4-2-6-16-9-11/h1,3,5,7,11,13,16H,2,4,6,8-9,15H2. The van der Waals surface area contributed by atoms with E-state index in [1.54, 1.807) is 0 Å². The van der Waals surface area contributed by atoms with Crippen LogP contribution in [0.1, 0.15) is 18.4 Å². The average Bonchev–Trinajstić information content (AvgIpc) is 2.30. The molecular formula is C13H19ClN2. The van der Waals surface area contributed by atoms with Crippen molar-refractivity contribution in [3.63, 3.8) is 0 Å². The first-order valence-corrected chi connectivity index (χ1v) is 6.34. The first-order chi connectivity index (χ1) is 7.75. The van der Waals surface area contributed by atoms with Crippen LogP contribution in [0.5, 0.6) is 0 Å². The largest absolute Gasteiger partial charge is 0.327 e. The summed E-state index contributed by atoms with van der Waals surface area (Å²) >= 11 is 5.96. The summed E-state index contributed by atoms with van der Waals surface area (Å²) in [6.45, 7) is 2.20. The number of piperidine rings is 1. The highest BCUT2D eigenvalue weighted by Crippen LogP contribution is 2.18. The summed E-state index contributed by atoms with van der Waals surface area (Å²) in [6.07, 6.45) is 3.41. The van der Waals surface area contributed by atoms with Crippen molar-refractivity contribution in [2.75, 3.05) is 13.1 Å². The van der Waals surface area contributed by atoms with Gasteiger partial charge in [0.2, 0.25) is 0 Å². The van der Waals surface area contributed by atoms with Gasteiger partial charge in [0.1, 0.15) is 0 Å². The molecule has 16 heavy (non-hydrogen) atoms. The Bertz CT molecular complexity index is 334. The topological polar surface area (TPSA) is 38.0 Å². The van der Waals surface area contributed by atoms with Crippen LogP contribution < -0.4 is 11.1 Å². The summed E-state index contributed by atoms with van der Waals surface area (Å²) in [7, 11) is 0. The summed E-state index contributed by atoms with van der Waals surface area (Å²) in [5.41, 5.74) is 7.49. The third-order valence-electron chi connectivity index (χ3n) is 3.30. The zero-order valence-electron chi connectivity index (χ0n) is 9.45. The molecule has 2 unspecified atom stereocenters. The third-order valence-corrected chi connectivity index (χ3v) is 3.54. The SMILES string of the molecule is NC(Cc1cccc(Cl)c1)C1CCCNC1. The molecule has 2 atom stereocenters. The van der Waals surface area contributed by atoms with Crippen molar-refractivity contribution in [2.24, 2.45) is 11.7 Å². The highest BCUT2D eigenvalue weighted by atomic mass is 35.5. The number of nitrogens with two attached hydrogens (primary N) is 1. The van der Waals surface area contributed by atoms with Crippen LogP contribution in [0.4, 0.5) is 0 Å². The maximum atomic E-state index is 6.25. The Morgan fingerprint density at radius 2 is 2.38 bits per heavy atom. The number of halogens is 1. The molecule has 1 saturated heterocycles. The molecule has 1 heterocycles. The van der Waals surface area contributed by atoms with Gasteiger partial charge in [-0.3, -0.25) is 0 Å². The molecule has 2 rings (SSSR count). The van der Waals surface area contributed by atoms with E-state index in [9.17, 15) is 0 Å². The van der Waals surface area contributed by atoms with Crippen molar-refractivity contribution in [3.8, 4) is 0 Å². The molecule has 0 spiro atoms. The lowest BCUT2D eigenvalue weighted by Gasteiger charge is -2.28. The van der Waals surface area contributed by atoms with E-state index >= 15 is 0 Å². The monoisotopic (exact) mass is 238 g/mol. The van der Waals surface area contributed by atoms with Gasteiger partial charge in [0, 0.05) is 11.1 Å². The minimum Gasteiger partial charge on any atom is -0.327 e. The molecule has 3 N–H and O–H groups in total. The fraction of sp³-hybridized carbons (Fsp3) is 0.538. The Morgan fingerprint density at radius 3 is 3.06 bits per heavy atom.